The molecule has 0 aliphatic carbocycles. The molecule has 2 N–H and O–H groups in total. The van der Waals surface area contributed by atoms with E-state index in [1.54, 1.807) is 0 Å². The molecular formula is C16H21N5. The maximum absolute atomic E-state index is 5.74. The third-order valence-corrected chi connectivity index (χ3v) is 3.81. The van der Waals surface area contributed by atoms with Gasteiger partial charge in [-0.2, -0.15) is 0 Å². The van der Waals surface area contributed by atoms with Gasteiger partial charge >= 0.3 is 0 Å². The minimum absolute atomic E-state index is 0.810. The second-order valence-corrected chi connectivity index (χ2v) is 5.48. The van der Waals surface area contributed by atoms with Crippen LogP contribution < -0.4 is 15.5 Å². The highest BCUT2D eigenvalue weighted by Gasteiger charge is 2.18. The molecule has 0 atom stereocenters. The van der Waals surface area contributed by atoms with E-state index in [0.717, 1.165) is 49.2 Å². The Kier molecular flexibility index (Phi) is 3.64. The molecule has 1 saturated heterocycles. The predicted molar refractivity (Wildman–Crippen MR) is 86.8 cm³/mol. The Balaban J connectivity index is 1.68. The summed E-state index contributed by atoms with van der Waals surface area (Å²) >= 11 is 0. The standard InChI is InChI=1S/C16H21N5/c1-12-11-16(19-13(2)18-12)21-9-7-20(8-10-21)15-5-3-14(17)4-6-15/h3-6,11H,7-10,17H2,1-2H3. The second-order valence-electron chi connectivity index (χ2n) is 5.48. The van der Waals surface area contributed by atoms with Crippen molar-refractivity contribution in [1.29, 1.82) is 0 Å². The first-order chi connectivity index (χ1) is 10.1. The predicted octanol–water partition coefficient (Wildman–Crippen LogP) is 2.00. The molecule has 1 aromatic heterocycles. The van der Waals surface area contributed by atoms with Crippen molar-refractivity contribution in [3.63, 3.8) is 0 Å². The van der Waals surface area contributed by atoms with Crippen LogP contribution >= 0.6 is 0 Å². The molecule has 3 rings (SSSR count). The van der Waals surface area contributed by atoms with Gasteiger partial charge in [-0.05, 0) is 38.1 Å². The third-order valence-electron chi connectivity index (χ3n) is 3.81. The summed E-state index contributed by atoms with van der Waals surface area (Å²) in [4.78, 5) is 13.6. The number of hydrogen-bond donors (Lipinski definition) is 1. The largest absolute Gasteiger partial charge is 0.399 e. The topological polar surface area (TPSA) is 58.3 Å². The molecule has 110 valence electrons. The van der Waals surface area contributed by atoms with Crippen molar-refractivity contribution < 1.29 is 0 Å². The van der Waals surface area contributed by atoms with Crippen LogP contribution in [0.15, 0.2) is 30.3 Å². The normalized spacial score (nSPS) is 15.3. The van der Waals surface area contributed by atoms with Crippen LogP contribution in [0.5, 0.6) is 0 Å². The summed E-state index contributed by atoms with van der Waals surface area (Å²) in [5.41, 5.74) is 8.81. The van der Waals surface area contributed by atoms with Crippen LogP contribution in [0.4, 0.5) is 17.2 Å². The van der Waals surface area contributed by atoms with Gasteiger partial charge in [-0.3, -0.25) is 0 Å². The van der Waals surface area contributed by atoms with E-state index >= 15 is 0 Å². The van der Waals surface area contributed by atoms with Crippen LogP contribution in [-0.2, 0) is 0 Å². The van der Waals surface area contributed by atoms with Gasteiger partial charge in [-0.15, -0.1) is 0 Å². The molecule has 0 amide bonds. The van der Waals surface area contributed by atoms with Gasteiger partial charge in [0.05, 0.1) is 0 Å². The Morgan fingerprint density at radius 2 is 1.52 bits per heavy atom. The van der Waals surface area contributed by atoms with E-state index in [0.29, 0.717) is 0 Å². The average molecular weight is 283 g/mol. The maximum atomic E-state index is 5.74. The number of anilines is 3. The van der Waals surface area contributed by atoms with Crippen LogP contribution in [0.3, 0.4) is 0 Å². The molecule has 5 nitrogen and oxygen atoms in total. The van der Waals surface area contributed by atoms with E-state index in [2.05, 4.69) is 38.0 Å². The third kappa shape index (κ3) is 3.07. The minimum Gasteiger partial charge on any atom is -0.399 e. The number of hydrogen-bond acceptors (Lipinski definition) is 5. The summed E-state index contributed by atoms with van der Waals surface area (Å²) in [5.74, 6) is 1.88. The molecule has 0 radical (unpaired) electrons. The Morgan fingerprint density at radius 1 is 0.905 bits per heavy atom. The lowest BCUT2D eigenvalue weighted by atomic mass is 10.2. The Morgan fingerprint density at radius 3 is 2.14 bits per heavy atom. The fourth-order valence-electron chi connectivity index (χ4n) is 2.74. The molecule has 0 spiro atoms. The molecule has 0 unspecified atom stereocenters. The molecule has 5 heteroatoms. The lowest BCUT2D eigenvalue weighted by Gasteiger charge is -2.36. The molecule has 2 aromatic rings. The van der Waals surface area contributed by atoms with E-state index in [-0.39, 0.29) is 0 Å². The minimum atomic E-state index is 0.810. The van der Waals surface area contributed by atoms with Crippen molar-refractivity contribution in [3.8, 4) is 0 Å². The quantitative estimate of drug-likeness (QED) is 0.854. The molecule has 1 aromatic carbocycles. The molecular weight excluding hydrogens is 262 g/mol. The summed E-state index contributed by atoms with van der Waals surface area (Å²) in [7, 11) is 0. The van der Waals surface area contributed by atoms with E-state index in [1.165, 1.54) is 5.69 Å². The summed E-state index contributed by atoms with van der Waals surface area (Å²) in [6.07, 6.45) is 0. The van der Waals surface area contributed by atoms with Crippen molar-refractivity contribution in [3.05, 3.63) is 41.9 Å². The number of nitrogen functional groups attached to an aromatic ring is 1. The highest BCUT2D eigenvalue weighted by Crippen LogP contribution is 2.20. The van der Waals surface area contributed by atoms with Gasteiger partial charge in [0.15, 0.2) is 0 Å². The first-order valence-electron chi connectivity index (χ1n) is 7.29. The summed E-state index contributed by atoms with van der Waals surface area (Å²) < 4.78 is 0. The number of nitrogens with two attached hydrogens (primary N) is 1. The number of rotatable bonds is 2. The Labute approximate surface area is 125 Å². The molecule has 2 heterocycles. The lowest BCUT2D eigenvalue weighted by Crippen LogP contribution is -2.46. The van der Waals surface area contributed by atoms with Gasteiger partial charge < -0.3 is 15.5 Å². The van der Waals surface area contributed by atoms with Gasteiger partial charge in [0.1, 0.15) is 11.6 Å². The Bertz CT molecular complexity index is 595. The van der Waals surface area contributed by atoms with E-state index < -0.39 is 0 Å². The van der Waals surface area contributed by atoms with E-state index in [4.69, 9.17) is 5.73 Å². The molecule has 0 saturated carbocycles. The van der Waals surface area contributed by atoms with E-state index in [1.807, 2.05) is 26.0 Å². The summed E-state index contributed by atoms with van der Waals surface area (Å²) in [6.45, 7) is 7.89. The number of nitrogens with zero attached hydrogens (tertiary/aromatic N) is 4. The zero-order valence-corrected chi connectivity index (χ0v) is 12.6. The average Bonchev–Trinajstić information content (AvgIpc) is 2.47. The molecule has 1 fully saturated rings. The van der Waals surface area contributed by atoms with Gasteiger partial charge in [0.2, 0.25) is 0 Å². The van der Waals surface area contributed by atoms with Gasteiger partial charge in [-0.25, -0.2) is 9.97 Å². The second kappa shape index (κ2) is 5.60. The Hall–Kier alpha value is -2.30. The molecule has 21 heavy (non-hydrogen) atoms. The van der Waals surface area contributed by atoms with Crippen LogP contribution in [-0.4, -0.2) is 36.1 Å². The number of aromatic nitrogens is 2. The zero-order valence-electron chi connectivity index (χ0n) is 12.6. The molecule has 1 aliphatic heterocycles. The van der Waals surface area contributed by atoms with Gasteiger partial charge in [0.25, 0.3) is 0 Å². The highest BCUT2D eigenvalue weighted by atomic mass is 15.3. The highest BCUT2D eigenvalue weighted by molar-refractivity contribution is 5.54. The fourth-order valence-corrected chi connectivity index (χ4v) is 2.74. The van der Waals surface area contributed by atoms with Gasteiger partial charge in [-0.1, -0.05) is 0 Å². The van der Waals surface area contributed by atoms with Crippen molar-refractivity contribution in [2.24, 2.45) is 0 Å². The number of piperazine rings is 1. The first kappa shape index (κ1) is 13.7. The summed E-state index contributed by atoms with van der Waals surface area (Å²) in [5, 5.41) is 0. The smallest absolute Gasteiger partial charge is 0.132 e. The molecule has 0 bridgehead atoms. The number of aryl methyl sites for hydroxylation is 2. The van der Waals surface area contributed by atoms with Gasteiger partial charge in [0, 0.05) is 49.3 Å². The van der Waals surface area contributed by atoms with E-state index in [9.17, 15) is 0 Å². The number of benzene rings is 1. The van der Waals surface area contributed by atoms with Crippen molar-refractivity contribution in [2.45, 2.75) is 13.8 Å². The maximum Gasteiger partial charge on any atom is 0.132 e. The lowest BCUT2D eigenvalue weighted by molar-refractivity contribution is 0.645. The van der Waals surface area contributed by atoms with Crippen molar-refractivity contribution in [1.82, 2.24) is 9.97 Å². The van der Waals surface area contributed by atoms with Crippen LogP contribution in [0.2, 0.25) is 0 Å². The van der Waals surface area contributed by atoms with Crippen LogP contribution in [0.25, 0.3) is 0 Å². The SMILES string of the molecule is Cc1cc(N2CCN(c3ccc(N)cc3)CC2)nc(C)n1. The fraction of sp³-hybridized carbons (Fsp3) is 0.375. The molecule has 1 aliphatic rings. The van der Waals surface area contributed by atoms with Crippen molar-refractivity contribution >= 4 is 17.2 Å². The zero-order chi connectivity index (χ0) is 14.8. The van der Waals surface area contributed by atoms with Crippen LogP contribution in [0.1, 0.15) is 11.5 Å². The monoisotopic (exact) mass is 283 g/mol. The first-order valence-corrected chi connectivity index (χ1v) is 7.29. The van der Waals surface area contributed by atoms with Crippen molar-refractivity contribution in [2.75, 3.05) is 41.7 Å². The summed E-state index contributed by atoms with van der Waals surface area (Å²) in [6, 6.07) is 10.2. The van der Waals surface area contributed by atoms with Crippen LogP contribution in [0, 0.1) is 13.8 Å².